The van der Waals surface area contributed by atoms with E-state index < -0.39 is 0 Å². The predicted octanol–water partition coefficient (Wildman–Crippen LogP) is 4.73. The first-order valence-corrected chi connectivity index (χ1v) is 10.7. The number of fused-ring (bicyclic) bond motifs is 1. The molecule has 0 fully saturated rings. The molecule has 1 aliphatic heterocycles. The summed E-state index contributed by atoms with van der Waals surface area (Å²) in [5.41, 5.74) is 2.93. The smallest absolute Gasteiger partial charge is 0.208 e. The number of hydrogen-bond donors (Lipinski definition) is 1. The molecule has 0 amide bonds. The van der Waals surface area contributed by atoms with Crippen molar-refractivity contribution in [2.24, 2.45) is 7.05 Å². The summed E-state index contributed by atoms with van der Waals surface area (Å²) in [6.07, 6.45) is 6.22. The molecular weight excluding hydrogens is 442 g/mol. The van der Waals surface area contributed by atoms with Crippen molar-refractivity contribution in [2.75, 3.05) is 39.0 Å². The molecule has 0 unspecified atom stereocenters. The first-order valence-electron chi connectivity index (χ1n) is 9.92. The van der Waals surface area contributed by atoms with Crippen molar-refractivity contribution >= 4 is 38.6 Å². The molecule has 6 nitrogen and oxygen atoms in total. The van der Waals surface area contributed by atoms with E-state index in [2.05, 4.69) is 57.4 Å². The van der Waals surface area contributed by atoms with Crippen LogP contribution in [0.3, 0.4) is 0 Å². The molecule has 30 heavy (non-hydrogen) atoms. The minimum absolute atomic E-state index is 0.786. The molecule has 0 radical (unpaired) electrons. The Morgan fingerprint density at radius 1 is 1.17 bits per heavy atom. The number of nitrogens with one attached hydrogen (secondary N) is 1. The summed E-state index contributed by atoms with van der Waals surface area (Å²) in [5, 5.41) is 3.37. The van der Waals surface area contributed by atoms with E-state index in [1.165, 1.54) is 0 Å². The second kappa shape index (κ2) is 8.93. The fraction of sp³-hybridized carbons (Fsp3) is 0.261. The highest BCUT2D eigenvalue weighted by Gasteiger charge is 2.11. The van der Waals surface area contributed by atoms with Crippen LogP contribution >= 0.6 is 15.9 Å². The normalized spacial score (nSPS) is 13.8. The monoisotopic (exact) mass is 467 g/mol. The van der Waals surface area contributed by atoms with Crippen LogP contribution in [0.2, 0.25) is 0 Å². The van der Waals surface area contributed by atoms with E-state index in [0.717, 1.165) is 58.3 Å². The van der Waals surface area contributed by atoms with Crippen LogP contribution < -0.4 is 10.1 Å². The van der Waals surface area contributed by atoms with Gasteiger partial charge >= 0.3 is 0 Å². The van der Waals surface area contributed by atoms with Crippen molar-refractivity contribution in [3.8, 4) is 5.75 Å². The van der Waals surface area contributed by atoms with E-state index in [9.17, 15) is 0 Å². The number of anilines is 2. The molecule has 0 atom stereocenters. The highest BCUT2D eigenvalue weighted by molar-refractivity contribution is 9.10. The lowest BCUT2D eigenvalue weighted by Crippen LogP contribution is -2.29. The molecule has 0 spiro atoms. The summed E-state index contributed by atoms with van der Waals surface area (Å²) >= 11 is 3.46. The van der Waals surface area contributed by atoms with Gasteiger partial charge in [0, 0.05) is 49.1 Å². The third kappa shape index (κ3) is 4.86. The Balaban J connectivity index is 1.45. The number of allylic oxidation sites excluding steroid dienone is 1. The van der Waals surface area contributed by atoms with Crippen molar-refractivity contribution in [2.45, 2.75) is 0 Å². The number of likely N-dealkylation sites (N-methyl/N-ethyl adjacent to an activating group) is 1. The molecule has 2 aromatic carbocycles. The van der Waals surface area contributed by atoms with Crippen LogP contribution in [0.1, 0.15) is 0 Å². The number of ether oxygens (including phenoxy) is 1. The molecule has 4 rings (SSSR count). The number of rotatable bonds is 7. The number of aromatic nitrogens is 2. The van der Waals surface area contributed by atoms with Crippen molar-refractivity contribution in [1.29, 1.82) is 0 Å². The van der Waals surface area contributed by atoms with Gasteiger partial charge in [-0.15, -0.1) is 0 Å². The van der Waals surface area contributed by atoms with Crippen LogP contribution in [-0.4, -0.2) is 53.1 Å². The zero-order valence-corrected chi connectivity index (χ0v) is 19.1. The van der Waals surface area contributed by atoms with Crippen LogP contribution in [0, 0.1) is 0 Å². The van der Waals surface area contributed by atoms with Crippen LogP contribution in [0.4, 0.5) is 11.6 Å². The lowest BCUT2D eigenvalue weighted by molar-refractivity contribution is 0.316. The van der Waals surface area contributed by atoms with Crippen molar-refractivity contribution in [1.82, 2.24) is 19.4 Å². The van der Waals surface area contributed by atoms with Crippen molar-refractivity contribution in [3.63, 3.8) is 0 Å². The molecule has 3 aromatic rings. The molecule has 1 N–H and O–H groups in total. The van der Waals surface area contributed by atoms with Gasteiger partial charge in [-0.1, -0.05) is 15.9 Å². The molecule has 7 heteroatoms. The van der Waals surface area contributed by atoms with Crippen LogP contribution in [-0.2, 0) is 7.05 Å². The quantitative estimate of drug-likeness (QED) is 0.543. The summed E-state index contributed by atoms with van der Waals surface area (Å²) in [7, 11) is 6.18. The van der Waals surface area contributed by atoms with E-state index in [4.69, 9.17) is 9.72 Å². The standard InChI is InChI=1S/C23H26BrN5O/c1-27(2)14-15-29-12-10-19(11-13-29)30-20-8-9-22-21(16-20)26-23(28(22)3)25-18-6-4-17(24)5-7-18/h4-12,16H,13-15H2,1-3H3,(H,25,26). The Morgan fingerprint density at radius 3 is 2.67 bits per heavy atom. The minimum atomic E-state index is 0.786. The first-order chi connectivity index (χ1) is 14.5. The van der Waals surface area contributed by atoms with Gasteiger partial charge in [0.05, 0.1) is 11.0 Å². The van der Waals surface area contributed by atoms with Gasteiger partial charge in [0.1, 0.15) is 11.5 Å². The summed E-state index contributed by atoms with van der Waals surface area (Å²) in [5.74, 6) is 2.44. The molecule has 0 bridgehead atoms. The van der Waals surface area contributed by atoms with Gasteiger partial charge in [0.25, 0.3) is 0 Å². The average Bonchev–Trinajstić information content (AvgIpc) is 3.04. The van der Waals surface area contributed by atoms with Gasteiger partial charge < -0.3 is 24.4 Å². The molecule has 0 aliphatic carbocycles. The summed E-state index contributed by atoms with van der Waals surface area (Å²) in [6.45, 7) is 2.88. The second-order valence-electron chi connectivity index (χ2n) is 7.60. The van der Waals surface area contributed by atoms with Gasteiger partial charge in [0.2, 0.25) is 5.95 Å². The molecule has 2 heterocycles. The van der Waals surface area contributed by atoms with Gasteiger partial charge in [0.15, 0.2) is 0 Å². The third-order valence-corrected chi connectivity index (χ3v) is 5.53. The molecule has 1 aliphatic rings. The number of benzene rings is 2. The lowest BCUT2D eigenvalue weighted by Gasteiger charge is -2.24. The lowest BCUT2D eigenvalue weighted by atomic mass is 10.3. The Kier molecular flexibility index (Phi) is 6.11. The topological polar surface area (TPSA) is 45.6 Å². The van der Waals surface area contributed by atoms with Crippen LogP contribution in [0.15, 0.2) is 71.0 Å². The summed E-state index contributed by atoms with van der Waals surface area (Å²) in [4.78, 5) is 9.21. The second-order valence-corrected chi connectivity index (χ2v) is 8.52. The zero-order valence-electron chi connectivity index (χ0n) is 17.5. The maximum absolute atomic E-state index is 6.08. The molecule has 156 valence electrons. The molecule has 0 saturated carbocycles. The van der Waals surface area contributed by atoms with Crippen molar-refractivity contribution in [3.05, 3.63) is 71.0 Å². The predicted molar refractivity (Wildman–Crippen MR) is 126 cm³/mol. The van der Waals surface area contributed by atoms with Crippen molar-refractivity contribution < 1.29 is 4.74 Å². The van der Waals surface area contributed by atoms with Gasteiger partial charge in [-0.3, -0.25) is 0 Å². The fourth-order valence-corrected chi connectivity index (χ4v) is 3.50. The van der Waals surface area contributed by atoms with E-state index in [0.29, 0.717) is 0 Å². The SMILES string of the molecule is CN(C)CCN1C=CC(Oc2ccc3c(c2)nc(Nc2ccc(Br)cc2)n3C)=CC1. The van der Waals surface area contributed by atoms with E-state index in [1.807, 2.05) is 60.2 Å². The molecular formula is C23H26BrN5O. The highest BCUT2D eigenvalue weighted by Crippen LogP contribution is 2.27. The van der Waals surface area contributed by atoms with E-state index >= 15 is 0 Å². The number of nitrogens with zero attached hydrogens (tertiary/aromatic N) is 4. The third-order valence-electron chi connectivity index (χ3n) is 5.00. The Labute approximate surface area is 185 Å². The fourth-order valence-electron chi connectivity index (χ4n) is 3.24. The number of imidazole rings is 1. The van der Waals surface area contributed by atoms with E-state index in [1.54, 1.807) is 0 Å². The molecule has 0 saturated heterocycles. The Morgan fingerprint density at radius 2 is 1.97 bits per heavy atom. The minimum Gasteiger partial charge on any atom is -0.458 e. The Hall–Kier alpha value is -2.77. The Bertz CT molecular complexity index is 1080. The van der Waals surface area contributed by atoms with Crippen LogP contribution in [0.5, 0.6) is 5.75 Å². The average molecular weight is 468 g/mol. The number of halogens is 1. The summed E-state index contributed by atoms with van der Waals surface area (Å²) < 4.78 is 9.17. The summed E-state index contributed by atoms with van der Waals surface area (Å²) in [6, 6.07) is 14.0. The van der Waals surface area contributed by atoms with Gasteiger partial charge in [-0.2, -0.15) is 0 Å². The van der Waals surface area contributed by atoms with Gasteiger partial charge in [-0.25, -0.2) is 4.98 Å². The van der Waals surface area contributed by atoms with Gasteiger partial charge in [-0.05, 0) is 62.6 Å². The maximum atomic E-state index is 6.08. The zero-order chi connectivity index (χ0) is 21.1. The number of hydrogen-bond acceptors (Lipinski definition) is 5. The van der Waals surface area contributed by atoms with E-state index in [-0.39, 0.29) is 0 Å². The van der Waals surface area contributed by atoms with Crippen LogP contribution in [0.25, 0.3) is 11.0 Å². The maximum Gasteiger partial charge on any atom is 0.208 e. The number of aryl methyl sites for hydroxylation is 1. The largest absolute Gasteiger partial charge is 0.458 e. The molecule has 1 aromatic heterocycles. The highest BCUT2D eigenvalue weighted by atomic mass is 79.9. The first kappa shape index (κ1) is 20.5.